The highest BCUT2D eigenvalue weighted by Crippen LogP contribution is 2.25. The number of nitrogens with zero attached hydrogens (tertiary/aromatic N) is 1. The van der Waals surface area contributed by atoms with Gasteiger partial charge in [-0.3, -0.25) is 10.1 Å². The Balaban J connectivity index is 1.71. The number of halogens is 1. The molecule has 0 atom stereocenters. The summed E-state index contributed by atoms with van der Waals surface area (Å²) in [6.07, 6.45) is 0. The number of nitrogens with one attached hydrogen (secondary N) is 2. The SMILES string of the molecule is CCOc1ccc(CNCCNc2ccc([N+](=O)[O-])cc2)cc1Cl. The van der Waals surface area contributed by atoms with Crippen LogP contribution in [0.1, 0.15) is 12.5 Å². The Morgan fingerprint density at radius 1 is 1.17 bits per heavy atom. The van der Waals surface area contributed by atoms with Gasteiger partial charge in [-0.1, -0.05) is 17.7 Å². The average molecular weight is 350 g/mol. The van der Waals surface area contributed by atoms with Crippen LogP contribution < -0.4 is 15.4 Å². The van der Waals surface area contributed by atoms with E-state index in [0.29, 0.717) is 30.5 Å². The molecule has 0 heterocycles. The lowest BCUT2D eigenvalue weighted by molar-refractivity contribution is -0.384. The van der Waals surface area contributed by atoms with Gasteiger partial charge >= 0.3 is 0 Å². The van der Waals surface area contributed by atoms with Crippen LogP contribution in [0.4, 0.5) is 11.4 Å². The van der Waals surface area contributed by atoms with Gasteiger partial charge in [0.1, 0.15) is 5.75 Å². The van der Waals surface area contributed by atoms with Gasteiger partial charge in [0.2, 0.25) is 0 Å². The largest absolute Gasteiger partial charge is 0.492 e. The monoisotopic (exact) mass is 349 g/mol. The molecule has 0 bridgehead atoms. The summed E-state index contributed by atoms with van der Waals surface area (Å²) in [7, 11) is 0. The third-order valence-electron chi connectivity index (χ3n) is 3.33. The normalized spacial score (nSPS) is 10.4. The van der Waals surface area contributed by atoms with Gasteiger partial charge in [-0.2, -0.15) is 0 Å². The van der Waals surface area contributed by atoms with Crippen molar-refractivity contribution < 1.29 is 9.66 Å². The molecular formula is C17H20ClN3O3. The molecule has 6 nitrogen and oxygen atoms in total. The van der Waals surface area contributed by atoms with E-state index in [1.807, 2.05) is 25.1 Å². The van der Waals surface area contributed by atoms with Crippen molar-refractivity contribution in [2.75, 3.05) is 25.0 Å². The minimum atomic E-state index is -0.409. The first kappa shape index (κ1) is 18.0. The maximum Gasteiger partial charge on any atom is 0.269 e. The Morgan fingerprint density at radius 2 is 1.92 bits per heavy atom. The van der Waals surface area contributed by atoms with Gasteiger partial charge in [-0.05, 0) is 36.8 Å². The smallest absolute Gasteiger partial charge is 0.269 e. The third-order valence-corrected chi connectivity index (χ3v) is 3.63. The zero-order valence-corrected chi connectivity index (χ0v) is 14.2. The van der Waals surface area contributed by atoms with E-state index in [1.54, 1.807) is 12.1 Å². The number of anilines is 1. The Bertz CT molecular complexity index is 677. The number of nitro groups is 1. The molecule has 0 saturated carbocycles. The molecule has 0 saturated heterocycles. The van der Waals surface area contributed by atoms with Crippen molar-refractivity contribution in [2.45, 2.75) is 13.5 Å². The predicted molar refractivity (Wildman–Crippen MR) is 95.9 cm³/mol. The Kier molecular flexibility index (Phi) is 6.84. The summed E-state index contributed by atoms with van der Waals surface area (Å²) in [6.45, 7) is 4.67. The van der Waals surface area contributed by atoms with Crippen LogP contribution >= 0.6 is 11.6 Å². The molecule has 24 heavy (non-hydrogen) atoms. The van der Waals surface area contributed by atoms with Crippen LogP contribution in [0.2, 0.25) is 5.02 Å². The van der Waals surface area contributed by atoms with Crippen LogP contribution in [-0.4, -0.2) is 24.6 Å². The van der Waals surface area contributed by atoms with Gasteiger partial charge < -0.3 is 15.4 Å². The molecular weight excluding hydrogens is 330 g/mol. The van der Waals surface area contributed by atoms with Crippen LogP contribution in [0.5, 0.6) is 5.75 Å². The molecule has 7 heteroatoms. The van der Waals surface area contributed by atoms with E-state index in [2.05, 4.69) is 10.6 Å². The highest BCUT2D eigenvalue weighted by molar-refractivity contribution is 6.32. The summed E-state index contributed by atoms with van der Waals surface area (Å²) in [5.74, 6) is 0.697. The fourth-order valence-corrected chi connectivity index (χ4v) is 2.41. The Hall–Kier alpha value is -2.31. The van der Waals surface area contributed by atoms with Gasteiger partial charge in [0.25, 0.3) is 5.69 Å². The number of hydrogen-bond donors (Lipinski definition) is 2. The van der Waals surface area contributed by atoms with Gasteiger partial charge in [0.05, 0.1) is 16.6 Å². The number of hydrogen-bond acceptors (Lipinski definition) is 5. The van der Waals surface area contributed by atoms with Crippen LogP contribution in [0.25, 0.3) is 0 Å². The lowest BCUT2D eigenvalue weighted by atomic mass is 10.2. The van der Waals surface area contributed by atoms with E-state index in [9.17, 15) is 10.1 Å². The van der Waals surface area contributed by atoms with Gasteiger partial charge in [-0.15, -0.1) is 0 Å². The first-order valence-corrected chi connectivity index (χ1v) is 8.08. The van der Waals surface area contributed by atoms with Crippen LogP contribution in [-0.2, 0) is 6.54 Å². The number of benzene rings is 2. The number of ether oxygens (including phenoxy) is 1. The van der Waals surface area contributed by atoms with Crippen molar-refractivity contribution in [1.82, 2.24) is 5.32 Å². The minimum Gasteiger partial charge on any atom is -0.492 e. The fourth-order valence-electron chi connectivity index (χ4n) is 2.16. The summed E-state index contributed by atoms with van der Waals surface area (Å²) in [5, 5.41) is 17.7. The lowest BCUT2D eigenvalue weighted by Gasteiger charge is -2.10. The molecule has 0 amide bonds. The standard InChI is InChI=1S/C17H20ClN3O3/c1-2-24-17-8-3-13(11-16(17)18)12-19-9-10-20-14-4-6-15(7-5-14)21(22)23/h3-8,11,19-20H,2,9-10,12H2,1H3. The third kappa shape index (κ3) is 5.40. The average Bonchev–Trinajstić information content (AvgIpc) is 2.57. The molecule has 2 rings (SSSR count). The van der Waals surface area contributed by atoms with Crippen molar-refractivity contribution in [2.24, 2.45) is 0 Å². The molecule has 0 spiro atoms. The minimum absolute atomic E-state index is 0.0889. The van der Waals surface area contributed by atoms with E-state index in [4.69, 9.17) is 16.3 Å². The molecule has 128 valence electrons. The molecule has 0 unspecified atom stereocenters. The Morgan fingerprint density at radius 3 is 2.54 bits per heavy atom. The van der Waals surface area contributed by atoms with Gasteiger partial charge in [0.15, 0.2) is 0 Å². The second-order valence-electron chi connectivity index (χ2n) is 5.11. The molecule has 0 radical (unpaired) electrons. The van der Waals surface area contributed by atoms with E-state index < -0.39 is 4.92 Å². The van der Waals surface area contributed by atoms with Gasteiger partial charge in [0, 0.05) is 37.5 Å². The maximum absolute atomic E-state index is 10.6. The van der Waals surface area contributed by atoms with Gasteiger partial charge in [-0.25, -0.2) is 0 Å². The first-order valence-electron chi connectivity index (χ1n) is 7.70. The van der Waals surface area contributed by atoms with Crippen LogP contribution in [0.15, 0.2) is 42.5 Å². The molecule has 0 aromatic heterocycles. The quantitative estimate of drug-likeness (QED) is 0.408. The zero-order valence-electron chi connectivity index (χ0n) is 13.4. The molecule has 2 aromatic carbocycles. The topological polar surface area (TPSA) is 76.4 Å². The molecule has 0 aliphatic rings. The van der Waals surface area contributed by atoms with Crippen LogP contribution in [0.3, 0.4) is 0 Å². The molecule has 2 aromatic rings. The summed E-state index contributed by atoms with van der Waals surface area (Å²) in [4.78, 5) is 10.2. The Labute approximate surface area is 145 Å². The van der Waals surface area contributed by atoms with E-state index >= 15 is 0 Å². The lowest BCUT2D eigenvalue weighted by Crippen LogP contribution is -2.21. The van der Waals surface area contributed by atoms with Crippen molar-refractivity contribution in [1.29, 1.82) is 0 Å². The van der Waals surface area contributed by atoms with Crippen molar-refractivity contribution in [3.63, 3.8) is 0 Å². The van der Waals surface area contributed by atoms with Crippen LogP contribution in [0, 0.1) is 10.1 Å². The van der Waals surface area contributed by atoms with Crippen molar-refractivity contribution >= 4 is 23.0 Å². The summed E-state index contributed by atoms with van der Waals surface area (Å²) < 4.78 is 5.40. The second-order valence-corrected chi connectivity index (χ2v) is 5.51. The molecule has 0 aliphatic heterocycles. The number of nitro benzene ring substituents is 1. The summed E-state index contributed by atoms with van der Waals surface area (Å²) in [5.41, 5.74) is 2.02. The number of rotatable bonds is 9. The first-order chi connectivity index (χ1) is 11.6. The van der Waals surface area contributed by atoms with Crippen molar-refractivity contribution in [3.05, 3.63) is 63.2 Å². The van der Waals surface area contributed by atoms with E-state index in [1.165, 1.54) is 12.1 Å². The van der Waals surface area contributed by atoms with E-state index in [-0.39, 0.29) is 5.69 Å². The zero-order chi connectivity index (χ0) is 17.4. The number of non-ortho nitro benzene ring substituents is 1. The highest BCUT2D eigenvalue weighted by Gasteiger charge is 2.04. The van der Waals surface area contributed by atoms with E-state index in [0.717, 1.165) is 17.8 Å². The second kappa shape index (κ2) is 9.10. The molecule has 2 N–H and O–H groups in total. The fraction of sp³-hybridized carbons (Fsp3) is 0.294. The molecule has 0 aliphatic carbocycles. The highest BCUT2D eigenvalue weighted by atomic mass is 35.5. The summed E-state index contributed by atoms with van der Waals surface area (Å²) in [6, 6.07) is 12.1. The maximum atomic E-state index is 10.6. The summed E-state index contributed by atoms with van der Waals surface area (Å²) >= 11 is 6.15. The van der Waals surface area contributed by atoms with Crippen molar-refractivity contribution in [3.8, 4) is 5.75 Å². The predicted octanol–water partition coefficient (Wildman–Crippen LogP) is 3.85. The molecule has 0 fully saturated rings.